The molecule has 3 nitrogen and oxygen atoms in total. The monoisotopic (exact) mass is 260 g/mol. The van der Waals surface area contributed by atoms with Gasteiger partial charge >= 0.3 is 0 Å². The Balaban J connectivity index is 2.12. The summed E-state index contributed by atoms with van der Waals surface area (Å²) in [5, 5.41) is 11.6. The van der Waals surface area contributed by atoms with Crippen LogP contribution in [0.15, 0.2) is 30.5 Å². The van der Waals surface area contributed by atoms with E-state index in [0.29, 0.717) is 0 Å². The number of aromatic nitrogens is 1. The van der Waals surface area contributed by atoms with Gasteiger partial charge < -0.3 is 10.0 Å². The summed E-state index contributed by atoms with van der Waals surface area (Å²) in [7, 11) is 0. The molecule has 0 unspecified atom stereocenters. The highest BCUT2D eigenvalue weighted by Crippen LogP contribution is 2.28. The number of anilines is 1. The van der Waals surface area contributed by atoms with Crippen LogP contribution >= 0.6 is 11.8 Å². The summed E-state index contributed by atoms with van der Waals surface area (Å²) < 4.78 is 0. The minimum atomic E-state index is 0.0453. The van der Waals surface area contributed by atoms with Crippen LogP contribution < -0.4 is 4.90 Å². The van der Waals surface area contributed by atoms with Crippen LogP contribution in [-0.4, -0.2) is 34.7 Å². The van der Waals surface area contributed by atoms with E-state index in [9.17, 15) is 5.11 Å². The molecule has 18 heavy (non-hydrogen) atoms. The molecule has 3 rings (SSSR count). The number of pyridine rings is 1. The number of aliphatic hydroxyl groups excluding tert-OH is 1. The number of rotatable bonds is 2. The molecule has 1 saturated heterocycles. The summed E-state index contributed by atoms with van der Waals surface area (Å²) >= 11 is 2.00. The van der Waals surface area contributed by atoms with Gasteiger partial charge in [-0.25, -0.2) is 4.98 Å². The van der Waals surface area contributed by atoms with Gasteiger partial charge in [0.1, 0.15) is 5.82 Å². The average molecular weight is 260 g/mol. The molecule has 1 aromatic heterocycles. The summed E-state index contributed by atoms with van der Waals surface area (Å²) in [5.74, 6) is 3.39. The van der Waals surface area contributed by atoms with Crippen LogP contribution in [0.4, 0.5) is 5.82 Å². The second-order valence-corrected chi connectivity index (χ2v) is 5.63. The van der Waals surface area contributed by atoms with Crippen LogP contribution in [0.2, 0.25) is 0 Å². The number of benzene rings is 1. The normalized spacial score (nSPS) is 16.2. The lowest BCUT2D eigenvalue weighted by Crippen LogP contribution is -2.33. The average Bonchev–Trinajstić information content (AvgIpc) is 2.47. The molecule has 0 radical (unpaired) electrons. The number of thioether (sulfide) groups is 1. The summed E-state index contributed by atoms with van der Waals surface area (Å²) in [6, 6.07) is 8.20. The Morgan fingerprint density at radius 3 is 2.61 bits per heavy atom. The maximum absolute atomic E-state index is 9.38. The lowest BCUT2D eigenvalue weighted by molar-refractivity contribution is 0.283. The highest BCUT2D eigenvalue weighted by atomic mass is 32.2. The molecular weight excluding hydrogens is 244 g/mol. The van der Waals surface area contributed by atoms with Crippen molar-refractivity contribution in [3.05, 3.63) is 36.0 Å². The maximum Gasteiger partial charge on any atom is 0.136 e. The molecule has 0 atom stereocenters. The standard InChI is InChI=1S/C14H16N2OS/c17-10-11-9-15-14(16-5-7-18-8-6-16)13-4-2-1-3-12(11)13/h1-4,9,17H,5-8,10H2. The Morgan fingerprint density at radius 2 is 1.89 bits per heavy atom. The molecule has 0 aliphatic carbocycles. The molecule has 1 N–H and O–H groups in total. The largest absolute Gasteiger partial charge is 0.392 e. The first-order chi connectivity index (χ1) is 8.90. The Labute approximate surface area is 111 Å². The van der Waals surface area contributed by atoms with Gasteiger partial charge in [-0.15, -0.1) is 0 Å². The van der Waals surface area contributed by atoms with Gasteiger partial charge in [-0.3, -0.25) is 0 Å². The number of aliphatic hydroxyl groups is 1. The van der Waals surface area contributed by atoms with E-state index >= 15 is 0 Å². The van der Waals surface area contributed by atoms with Crippen molar-refractivity contribution in [1.82, 2.24) is 4.98 Å². The van der Waals surface area contributed by atoms with Crippen molar-refractivity contribution in [3.8, 4) is 0 Å². The summed E-state index contributed by atoms with van der Waals surface area (Å²) in [4.78, 5) is 6.91. The van der Waals surface area contributed by atoms with E-state index in [1.807, 2.05) is 23.9 Å². The van der Waals surface area contributed by atoms with Gasteiger partial charge in [-0.1, -0.05) is 24.3 Å². The van der Waals surface area contributed by atoms with Gasteiger partial charge in [0.2, 0.25) is 0 Å². The first kappa shape index (κ1) is 11.8. The van der Waals surface area contributed by atoms with Crippen molar-refractivity contribution in [1.29, 1.82) is 0 Å². The fourth-order valence-corrected chi connectivity index (χ4v) is 3.29. The van der Waals surface area contributed by atoms with Gasteiger partial charge in [0.05, 0.1) is 6.61 Å². The summed E-state index contributed by atoms with van der Waals surface area (Å²) in [5.41, 5.74) is 0.903. The van der Waals surface area contributed by atoms with E-state index < -0.39 is 0 Å². The molecule has 1 fully saturated rings. The van der Waals surface area contributed by atoms with Crippen molar-refractivity contribution in [3.63, 3.8) is 0 Å². The Bertz CT molecular complexity index is 552. The first-order valence-electron chi connectivity index (χ1n) is 6.20. The van der Waals surface area contributed by atoms with Crippen LogP contribution in [-0.2, 0) is 6.61 Å². The van der Waals surface area contributed by atoms with Crippen LogP contribution in [0.5, 0.6) is 0 Å². The molecule has 0 saturated carbocycles. The maximum atomic E-state index is 9.38. The molecule has 1 aliphatic heterocycles. The van der Waals surface area contributed by atoms with Crippen LogP contribution in [0.25, 0.3) is 10.8 Å². The molecule has 2 heterocycles. The number of hydrogen-bond donors (Lipinski definition) is 1. The van der Waals surface area contributed by atoms with Crippen molar-refractivity contribution in [2.45, 2.75) is 6.61 Å². The van der Waals surface area contributed by atoms with E-state index in [-0.39, 0.29) is 6.61 Å². The van der Waals surface area contributed by atoms with Crippen molar-refractivity contribution < 1.29 is 5.11 Å². The minimum absolute atomic E-state index is 0.0453. The van der Waals surface area contributed by atoms with E-state index in [4.69, 9.17) is 0 Å². The SMILES string of the molecule is OCc1cnc(N2CCSCC2)c2ccccc12. The topological polar surface area (TPSA) is 36.4 Å². The van der Waals surface area contributed by atoms with Crippen molar-refractivity contribution in [2.24, 2.45) is 0 Å². The zero-order valence-electron chi connectivity index (χ0n) is 10.2. The van der Waals surface area contributed by atoms with E-state index in [2.05, 4.69) is 22.0 Å². The van der Waals surface area contributed by atoms with Crippen LogP contribution in [0.1, 0.15) is 5.56 Å². The molecule has 0 spiro atoms. The summed E-state index contributed by atoms with van der Waals surface area (Å²) in [6.07, 6.45) is 1.80. The molecule has 0 amide bonds. The van der Waals surface area contributed by atoms with Gasteiger partial charge in [0, 0.05) is 41.7 Å². The van der Waals surface area contributed by atoms with Crippen LogP contribution in [0, 0.1) is 0 Å². The quantitative estimate of drug-likeness (QED) is 0.898. The van der Waals surface area contributed by atoms with Gasteiger partial charge in [0.15, 0.2) is 0 Å². The van der Waals surface area contributed by atoms with E-state index in [0.717, 1.165) is 46.7 Å². The van der Waals surface area contributed by atoms with E-state index in [1.54, 1.807) is 6.20 Å². The number of nitrogens with zero attached hydrogens (tertiary/aromatic N) is 2. The molecular formula is C14H16N2OS. The third-order valence-corrected chi connectivity index (χ3v) is 4.28. The van der Waals surface area contributed by atoms with Crippen molar-refractivity contribution in [2.75, 3.05) is 29.5 Å². The molecule has 94 valence electrons. The van der Waals surface area contributed by atoms with Gasteiger partial charge in [-0.2, -0.15) is 11.8 Å². The minimum Gasteiger partial charge on any atom is -0.392 e. The predicted octanol–water partition coefficient (Wildman–Crippen LogP) is 2.28. The molecule has 0 bridgehead atoms. The molecule has 1 aromatic carbocycles. The highest BCUT2D eigenvalue weighted by molar-refractivity contribution is 7.99. The lowest BCUT2D eigenvalue weighted by atomic mass is 10.1. The number of hydrogen-bond acceptors (Lipinski definition) is 4. The molecule has 4 heteroatoms. The zero-order valence-corrected chi connectivity index (χ0v) is 11.0. The predicted molar refractivity (Wildman–Crippen MR) is 77.2 cm³/mol. The third-order valence-electron chi connectivity index (χ3n) is 3.34. The molecule has 2 aromatic rings. The lowest BCUT2D eigenvalue weighted by Gasteiger charge is -2.28. The highest BCUT2D eigenvalue weighted by Gasteiger charge is 2.15. The third kappa shape index (κ3) is 2.06. The van der Waals surface area contributed by atoms with Gasteiger partial charge in [-0.05, 0) is 5.39 Å². The zero-order chi connectivity index (χ0) is 12.4. The smallest absolute Gasteiger partial charge is 0.136 e. The molecule has 1 aliphatic rings. The second-order valence-electron chi connectivity index (χ2n) is 4.41. The fourth-order valence-electron chi connectivity index (χ4n) is 2.39. The van der Waals surface area contributed by atoms with Crippen LogP contribution in [0.3, 0.4) is 0 Å². The van der Waals surface area contributed by atoms with Gasteiger partial charge in [0.25, 0.3) is 0 Å². The van der Waals surface area contributed by atoms with E-state index in [1.165, 1.54) is 0 Å². The Hall–Kier alpha value is -1.26. The van der Waals surface area contributed by atoms with Crippen molar-refractivity contribution >= 4 is 28.4 Å². The Morgan fingerprint density at radius 1 is 1.17 bits per heavy atom. The second kappa shape index (κ2) is 5.16. The summed E-state index contributed by atoms with van der Waals surface area (Å²) in [6.45, 7) is 2.16. The Kier molecular flexibility index (Phi) is 3.39. The first-order valence-corrected chi connectivity index (χ1v) is 7.36. The number of fused-ring (bicyclic) bond motifs is 1. The fraction of sp³-hybridized carbons (Fsp3) is 0.357.